The smallest absolute Gasteiger partial charge is 0.0846 e. The first kappa shape index (κ1) is 17.9. The minimum Gasteiger partial charge on any atom is -0.392 e. The lowest BCUT2D eigenvalue weighted by atomic mass is 10.2. The van der Waals surface area contributed by atoms with E-state index in [1.165, 1.54) is 10.8 Å². The third-order valence-corrected chi connectivity index (χ3v) is 4.75. The van der Waals surface area contributed by atoms with E-state index in [2.05, 4.69) is 59.7 Å². The van der Waals surface area contributed by atoms with E-state index in [-0.39, 0.29) is 6.04 Å². The standard InChI is InChI=1S/C21H28N2O2/c1-15(2)22(12-16(3)24)13-17(25)14-23-20-10-6-4-8-18(20)19-9-5-7-11-21(19)23/h4-11,15-17,24-25H,12-14H2,1-3H3. The van der Waals surface area contributed by atoms with Crippen molar-refractivity contribution < 1.29 is 10.2 Å². The first-order valence-corrected chi connectivity index (χ1v) is 9.03. The molecular weight excluding hydrogens is 312 g/mol. The zero-order chi connectivity index (χ0) is 18.0. The summed E-state index contributed by atoms with van der Waals surface area (Å²) in [4.78, 5) is 2.13. The van der Waals surface area contributed by atoms with Gasteiger partial charge in [-0.3, -0.25) is 4.90 Å². The van der Waals surface area contributed by atoms with Crippen LogP contribution in [-0.2, 0) is 6.54 Å². The molecule has 4 heteroatoms. The molecule has 3 aromatic rings. The van der Waals surface area contributed by atoms with Gasteiger partial charge in [0.05, 0.1) is 18.8 Å². The van der Waals surface area contributed by atoms with Crippen molar-refractivity contribution in [2.75, 3.05) is 13.1 Å². The second-order valence-electron chi connectivity index (χ2n) is 7.20. The van der Waals surface area contributed by atoms with Crippen LogP contribution in [-0.4, -0.2) is 51.0 Å². The minimum atomic E-state index is -0.500. The highest BCUT2D eigenvalue weighted by molar-refractivity contribution is 6.07. The number of aliphatic hydroxyl groups is 2. The van der Waals surface area contributed by atoms with Crippen LogP contribution in [0.15, 0.2) is 48.5 Å². The highest BCUT2D eigenvalue weighted by Crippen LogP contribution is 2.28. The Labute approximate surface area is 149 Å². The van der Waals surface area contributed by atoms with Gasteiger partial charge in [-0.15, -0.1) is 0 Å². The van der Waals surface area contributed by atoms with Crippen molar-refractivity contribution in [2.45, 2.75) is 45.6 Å². The molecular formula is C21H28N2O2. The largest absolute Gasteiger partial charge is 0.392 e. The van der Waals surface area contributed by atoms with Crippen LogP contribution in [0.2, 0.25) is 0 Å². The van der Waals surface area contributed by atoms with E-state index in [0.717, 1.165) is 11.0 Å². The fourth-order valence-electron chi connectivity index (χ4n) is 3.57. The van der Waals surface area contributed by atoms with Crippen LogP contribution in [0.3, 0.4) is 0 Å². The zero-order valence-electron chi connectivity index (χ0n) is 15.3. The van der Waals surface area contributed by atoms with Crippen molar-refractivity contribution in [3.63, 3.8) is 0 Å². The Morgan fingerprint density at radius 3 is 1.84 bits per heavy atom. The Morgan fingerprint density at radius 2 is 1.36 bits per heavy atom. The fourth-order valence-corrected chi connectivity index (χ4v) is 3.57. The minimum absolute atomic E-state index is 0.280. The zero-order valence-corrected chi connectivity index (χ0v) is 15.3. The average molecular weight is 340 g/mol. The van der Waals surface area contributed by atoms with Crippen LogP contribution in [0.1, 0.15) is 20.8 Å². The van der Waals surface area contributed by atoms with Crippen molar-refractivity contribution in [2.24, 2.45) is 0 Å². The highest BCUT2D eigenvalue weighted by atomic mass is 16.3. The summed E-state index contributed by atoms with van der Waals surface area (Å²) in [6.07, 6.45) is -0.900. The summed E-state index contributed by atoms with van der Waals surface area (Å²) in [7, 11) is 0. The van der Waals surface area contributed by atoms with Crippen LogP contribution in [0.25, 0.3) is 21.8 Å². The lowest BCUT2D eigenvalue weighted by Gasteiger charge is -2.30. The molecule has 2 aromatic carbocycles. The molecule has 3 rings (SSSR count). The summed E-state index contributed by atoms with van der Waals surface area (Å²) in [5.41, 5.74) is 2.30. The van der Waals surface area contributed by atoms with E-state index in [1.807, 2.05) is 12.1 Å². The molecule has 2 unspecified atom stereocenters. The molecule has 0 radical (unpaired) electrons. The molecule has 0 saturated heterocycles. The molecule has 134 valence electrons. The lowest BCUT2D eigenvalue weighted by molar-refractivity contribution is 0.0530. The van der Waals surface area contributed by atoms with Crippen molar-refractivity contribution >= 4 is 21.8 Å². The van der Waals surface area contributed by atoms with Gasteiger partial charge in [0.25, 0.3) is 0 Å². The Kier molecular flexibility index (Phi) is 5.42. The monoisotopic (exact) mass is 340 g/mol. The van der Waals surface area contributed by atoms with E-state index < -0.39 is 12.2 Å². The molecule has 0 aliphatic rings. The maximum Gasteiger partial charge on any atom is 0.0846 e. The van der Waals surface area contributed by atoms with E-state index in [4.69, 9.17) is 0 Å². The Balaban J connectivity index is 1.88. The molecule has 0 saturated carbocycles. The number of nitrogens with zero attached hydrogens (tertiary/aromatic N) is 2. The van der Waals surface area contributed by atoms with Gasteiger partial charge in [-0.25, -0.2) is 0 Å². The van der Waals surface area contributed by atoms with E-state index in [1.54, 1.807) is 6.92 Å². The molecule has 1 aromatic heterocycles. The van der Waals surface area contributed by atoms with Gasteiger partial charge in [-0.1, -0.05) is 36.4 Å². The Bertz CT molecular complexity index is 785. The molecule has 0 spiro atoms. The molecule has 0 aliphatic carbocycles. The van der Waals surface area contributed by atoms with Crippen molar-refractivity contribution in [1.82, 2.24) is 9.47 Å². The molecule has 2 atom stereocenters. The fraction of sp³-hybridized carbons (Fsp3) is 0.429. The third kappa shape index (κ3) is 3.87. The van der Waals surface area contributed by atoms with Crippen LogP contribution in [0.5, 0.6) is 0 Å². The summed E-state index contributed by atoms with van der Waals surface area (Å²) in [5, 5.41) is 22.9. The first-order valence-electron chi connectivity index (χ1n) is 9.03. The van der Waals surface area contributed by atoms with E-state index >= 15 is 0 Å². The molecule has 0 bridgehead atoms. The van der Waals surface area contributed by atoms with Gasteiger partial charge in [-0.2, -0.15) is 0 Å². The summed E-state index contributed by atoms with van der Waals surface area (Å²) < 4.78 is 2.20. The summed E-state index contributed by atoms with van der Waals surface area (Å²) >= 11 is 0. The molecule has 4 nitrogen and oxygen atoms in total. The van der Waals surface area contributed by atoms with Gasteiger partial charge in [0.1, 0.15) is 0 Å². The quantitative estimate of drug-likeness (QED) is 0.694. The van der Waals surface area contributed by atoms with Crippen LogP contribution >= 0.6 is 0 Å². The molecule has 0 amide bonds. The number of rotatable bonds is 7. The normalized spacial score (nSPS) is 14.7. The topological polar surface area (TPSA) is 48.6 Å². The molecule has 25 heavy (non-hydrogen) atoms. The molecule has 2 N–H and O–H groups in total. The average Bonchev–Trinajstić information content (AvgIpc) is 2.88. The van der Waals surface area contributed by atoms with Gasteiger partial charge < -0.3 is 14.8 Å². The van der Waals surface area contributed by atoms with Gasteiger partial charge in [0.2, 0.25) is 0 Å². The maximum atomic E-state index is 10.7. The first-order chi connectivity index (χ1) is 12.0. The van der Waals surface area contributed by atoms with Gasteiger partial charge in [-0.05, 0) is 32.9 Å². The number of benzene rings is 2. The number of fused-ring (bicyclic) bond motifs is 3. The third-order valence-electron chi connectivity index (χ3n) is 4.75. The molecule has 0 aliphatic heterocycles. The number of para-hydroxylation sites is 2. The lowest BCUT2D eigenvalue weighted by Crippen LogP contribution is -2.42. The Morgan fingerprint density at radius 1 is 0.840 bits per heavy atom. The number of aliphatic hydroxyl groups excluding tert-OH is 2. The number of hydrogen-bond acceptors (Lipinski definition) is 3. The summed E-state index contributed by atoms with van der Waals surface area (Å²) in [6, 6.07) is 17.0. The van der Waals surface area contributed by atoms with E-state index in [0.29, 0.717) is 19.6 Å². The number of aromatic nitrogens is 1. The predicted molar refractivity (Wildman–Crippen MR) is 104 cm³/mol. The van der Waals surface area contributed by atoms with Gasteiger partial charge in [0.15, 0.2) is 0 Å². The summed E-state index contributed by atoms with van der Waals surface area (Å²) in [5.74, 6) is 0. The van der Waals surface area contributed by atoms with Gasteiger partial charge >= 0.3 is 0 Å². The van der Waals surface area contributed by atoms with E-state index in [9.17, 15) is 10.2 Å². The van der Waals surface area contributed by atoms with Crippen LogP contribution in [0.4, 0.5) is 0 Å². The maximum absolute atomic E-state index is 10.7. The van der Waals surface area contributed by atoms with Crippen LogP contribution < -0.4 is 0 Å². The molecule has 1 heterocycles. The Hall–Kier alpha value is -1.88. The van der Waals surface area contributed by atoms with Crippen molar-refractivity contribution in [3.05, 3.63) is 48.5 Å². The SMILES string of the molecule is CC(O)CN(CC(O)Cn1c2ccccc2c2ccccc21)C(C)C. The van der Waals surface area contributed by atoms with Crippen molar-refractivity contribution in [1.29, 1.82) is 0 Å². The van der Waals surface area contributed by atoms with Gasteiger partial charge in [0, 0.05) is 40.9 Å². The predicted octanol–water partition coefficient (Wildman–Crippen LogP) is 3.25. The van der Waals surface area contributed by atoms with Crippen molar-refractivity contribution in [3.8, 4) is 0 Å². The summed E-state index contributed by atoms with van der Waals surface area (Å²) in [6.45, 7) is 7.63. The second kappa shape index (κ2) is 7.56. The number of hydrogen-bond donors (Lipinski definition) is 2. The highest BCUT2D eigenvalue weighted by Gasteiger charge is 2.18. The second-order valence-corrected chi connectivity index (χ2v) is 7.20. The van der Waals surface area contributed by atoms with Crippen LogP contribution in [0, 0.1) is 0 Å². The molecule has 0 fully saturated rings.